The van der Waals surface area contributed by atoms with Gasteiger partial charge in [-0.25, -0.2) is 0 Å². The number of benzene rings is 1. The summed E-state index contributed by atoms with van der Waals surface area (Å²) in [7, 11) is 1.58. The lowest BCUT2D eigenvalue weighted by atomic mass is 10.1. The molecule has 0 unspecified atom stereocenters. The third kappa shape index (κ3) is 3.95. The molecule has 0 atom stereocenters. The van der Waals surface area contributed by atoms with E-state index >= 15 is 0 Å². The molecule has 1 aliphatic rings. The maximum absolute atomic E-state index is 12.2. The van der Waals surface area contributed by atoms with Crippen LogP contribution in [-0.4, -0.2) is 57.3 Å². The van der Waals surface area contributed by atoms with E-state index < -0.39 is 0 Å². The van der Waals surface area contributed by atoms with Gasteiger partial charge in [0.15, 0.2) is 0 Å². The minimum Gasteiger partial charge on any atom is -0.496 e. The van der Waals surface area contributed by atoms with Crippen LogP contribution in [0.1, 0.15) is 15.9 Å². The maximum atomic E-state index is 12.2. The molecule has 5 heteroatoms. The van der Waals surface area contributed by atoms with Crippen LogP contribution in [0.25, 0.3) is 0 Å². The minimum absolute atomic E-state index is 0.0844. The maximum Gasteiger partial charge on any atom is 0.255 e. The Morgan fingerprint density at radius 2 is 2.15 bits per heavy atom. The minimum atomic E-state index is -0.0844. The Morgan fingerprint density at radius 3 is 2.85 bits per heavy atom. The summed E-state index contributed by atoms with van der Waals surface area (Å²) >= 11 is 0. The molecule has 1 aromatic rings. The van der Waals surface area contributed by atoms with Gasteiger partial charge < -0.3 is 14.8 Å². The molecular weight excluding hydrogens is 256 g/mol. The zero-order valence-electron chi connectivity index (χ0n) is 12.1. The summed E-state index contributed by atoms with van der Waals surface area (Å²) in [4.78, 5) is 14.5. The molecule has 0 spiro atoms. The van der Waals surface area contributed by atoms with Crippen LogP contribution in [0.15, 0.2) is 18.2 Å². The second-order valence-corrected chi connectivity index (χ2v) is 4.91. The molecule has 0 radical (unpaired) electrons. The lowest BCUT2D eigenvalue weighted by Crippen LogP contribution is -2.41. The molecule has 2 rings (SSSR count). The Hall–Kier alpha value is -1.59. The quantitative estimate of drug-likeness (QED) is 0.875. The predicted octanol–water partition coefficient (Wildman–Crippen LogP) is 1.07. The van der Waals surface area contributed by atoms with E-state index in [1.54, 1.807) is 7.11 Å². The van der Waals surface area contributed by atoms with Crippen molar-refractivity contribution in [3.8, 4) is 5.75 Å². The Kier molecular flexibility index (Phi) is 5.38. The predicted molar refractivity (Wildman–Crippen MR) is 77.3 cm³/mol. The van der Waals surface area contributed by atoms with Gasteiger partial charge in [0.25, 0.3) is 5.91 Å². The number of nitrogens with one attached hydrogen (secondary N) is 1. The van der Waals surface area contributed by atoms with E-state index in [4.69, 9.17) is 9.47 Å². The Bertz CT molecular complexity index is 456. The van der Waals surface area contributed by atoms with E-state index in [9.17, 15) is 4.79 Å². The van der Waals surface area contributed by atoms with Crippen LogP contribution in [-0.2, 0) is 4.74 Å². The van der Waals surface area contributed by atoms with E-state index in [0.717, 1.165) is 38.4 Å². The summed E-state index contributed by atoms with van der Waals surface area (Å²) < 4.78 is 10.5. The molecule has 5 nitrogen and oxygen atoms in total. The van der Waals surface area contributed by atoms with E-state index in [2.05, 4.69) is 10.2 Å². The van der Waals surface area contributed by atoms with Crippen LogP contribution >= 0.6 is 0 Å². The van der Waals surface area contributed by atoms with Crippen molar-refractivity contribution in [2.75, 3.05) is 46.5 Å². The third-order valence-electron chi connectivity index (χ3n) is 3.42. The first-order valence-electron chi connectivity index (χ1n) is 6.93. The lowest BCUT2D eigenvalue weighted by Gasteiger charge is -2.26. The number of morpholine rings is 1. The Morgan fingerprint density at radius 1 is 1.40 bits per heavy atom. The molecule has 1 aromatic carbocycles. The molecule has 0 bridgehead atoms. The van der Waals surface area contributed by atoms with Crippen molar-refractivity contribution in [3.05, 3.63) is 29.3 Å². The zero-order valence-corrected chi connectivity index (χ0v) is 12.1. The van der Waals surface area contributed by atoms with Gasteiger partial charge in [0.1, 0.15) is 5.75 Å². The van der Waals surface area contributed by atoms with Gasteiger partial charge in [0.2, 0.25) is 0 Å². The van der Waals surface area contributed by atoms with Crippen LogP contribution in [0.2, 0.25) is 0 Å². The number of carbonyl (C=O) groups excluding carboxylic acids is 1. The van der Waals surface area contributed by atoms with Gasteiger partial charge in [0, 0.05) is 26.2 Å². The third-order valence-corrected chi connectivity index (χ3v) is 3.42. The summed E-state index contributed by atoms with van der Waals surface area (Å²) in [5.74, 6) is 0.526. The molecule has 1 amide bonds. The second-order valence-electron chi connectivity index (χ2n) is 4.91. The molecule has 1 N–H and O–H groups in total. The summed E-state index contributed by atoms with van der Waals surface area (Å²) in [6.07, 6.45) is 0. The average molecular weight is 278 g/mol. The highest BCUT2D eigenvalue weighted by atomic mass is 16.5. The number of hydrogen-bond acceptors (Lipinski definition) is 4. The first-order valence-corrected chi connectivity index (χ1v) is 6.93. The Balaban J connectivity index is 1.86. The van der Waals surface area contributed by atoms with Gasteiger partial charge in [-0.2, -0.15) is 0 Å². The number of nitrogens with zero attached hydrogens (tertiary/aromatic N) is 1. The van der Waals surface area contributed by atoms with E-state index in [1.807, 2.05) is 25.1 Å². The highest BCUT2D eigenvalue weighted by Crippen LogP contribution is 2.19. The number of ether oxygens (including phenoxy) is 2. The van der Waals surface area contributed by atoms with E-state index in [0.29, 0.717) is 17.9 Å². The molecule has 0 aromatic heterocycles. The number of carbonyl (C=O) groups is 1. The molecule has 0 aliphatic carbocycles. The molecule has 1 saturated heterocycles. The van der Waals surface area contributed by atoms with E-state index in [-0.39, 0.29) is 5.91 Å². The smallest absolute Gasteiger partial charge is 0.255 e. The summed E-state index contributed by atoms with van der Waals surface area (Å²) in [6.45, 7) is 6.87. The van der Waals surface area contributed by atoms with Crippen molar-refractivity contribution >= 4 is 5.91 Å². The molecule has 1 fully saturated rings. The van der Waals surface area contributed by atoms with Crippen LogP contribution in [0, 0.1) is 6.92 Å². The molecular formula is C15H22N2O3. The summed E-state index contributed by atoms with van der Waals surface area (Å²) in [5, 5.41) is 2.95. The fourth-order valence-corrected chi connectivity index (χ4v) is 2.25. The van der Waals surface area contributed by atoms with Crippen LogP contribution in [0.3, 0.4) is 0 Å². The Labute approximate surface area is 119 Å². The molecule has 1 heterocycles. The first-order chi connectivity index (χ1) is 9.70. The van der Waals surface area contributed by atoms with Crippen molar-refractivity contribution in [1.82, 2.24) is 10.2 Å². The lowest BCUT2D eigenvalue weighted by molar-refractivity contribution is 0.0383. The van der Waals surface area contributed by atoms with Crippen molar-refractivity contribution in [2.24, 2.45) is 0 Å². The van der Waals surface area contributed by atoms with Gasteiger partial charge in [-0.15, -0.1) is 0 Å². The van der Waals surface area contributed by atoms with Crippen LogP contribution < -0.4 is 10.1 Å². The van der Waals surface area contributed by atoms with Gasteiger partial charge in [-0.1, -0.05) is 11.6 Å². The van der Waals surface area contributed by atoms with Gasteiger partial charge >= 0.3 is 0 Å². The largest absolute Gasteiger partial charge is 0.496 e. The zero-order chi connectivity index (χ0) is 14.4. The normalized spacial score (nSPS) is 15.9. The number of amides is 1. The topological polar surface area (TPSA) is 50.8 Å². The number of aryl methyl sites for hydroxylation is 1. The van der Waals surface area contributed by atoms with Crippen molar-refractivity contribution in [3.63, 3.8) is 0 Å². The van der Waals surface area contributed by atoms with Crippen LogP contribution in [0.4, 0.5) is 0 Å². The van der Waals surface area contributed by atoms with E-state index in [1.165, 1.54) is 0 Å². The first kappa shape index (κ1) is 14.8. The average Bonchev–Trinajstić information content (AvgIpc) is 2.48. The van der Waals surface area contributed by atoms with Crippen LogP contribution in [0.5, 0.6) is 5.75 Å². The van der Waals surface area contributed by atoms with Gasteiger partial charge in [-0.3, -0.25) is 9.69 Å². The van der Waals surface area contributed by atoms with Crippen molar-refractivity contribution in [1.29, 1.82) is 0 Å². The fourth-order valence-electron chi connectivity index (χ4n) is 2.25. The second kappa shape index (κ2) is 7.26. The summed E-state index contributed by atoms with van der Waals surface area (Å²) in [5.41, 5.74) is 1.64. The number of rotatable bonds is 5. The molecule has 20 heavy (non-hydrogen) atoms. The number of methoxy groups -OCH3 is 1. The highest BCUT2D eigenvalue weighted by Gasteiger charge is 2.13. The van der Waals surface area contributed by atoms with Gasteiger partial charge in [-0.05, 0) is 19.1 Å². The fraction of sp³-hybridized carbons (Fsp3) is 0.533. The standard InChI is InChI=1S/C15H22N2O3/c1-12-3-4-14(19-2)13(11-12)15(18)16-5-6-17-7-9-20-10-8-17/h3-4,11H,5-10H2,1-2H3,(H,16,18). The molecule has 110 valence electrons. The van der Waals surface area contributed by atoms with Gasteiger partial charge in [0.05, 0.1) is 25.9 Å². The summed E-state index contributed by atoms with van der Waals surface area (Å²) in [6, 6.07) is 5.61. The monoisotopic (exact) mass is 278 g/mol. The highest BCUT2D eigenvalue weighted by molar-refractivity contribution is 5.97. The SMILES string of the molecule is COc1ccc(C)cc1C(=O)NCCN1CCOCC1. The van der Waals surface area contributed by atoms with Crippen molar-refractivity contribution < 1.29 is 14.3 Å². The van der Waals surface area contributed by atoms with Crippen molar-refractivity contribution in [2.45, 2.75) is 6.92 Å². The molecule has 0 saturated carbocycles. The molecule has 1 aliphatic heterocycles. The number of hydrogen-bond donors (Lipinski definition) is 1.